The summed E-state index contributed by atoms with van der Waals surface area (Å²) in [5, 5.41) is 24.1. The van der Waals surface area contributed by atoms with Gasteiger partial charge in [-0.05, 0) is 71.3 Å². The van der Waals surface area contributed by atoms with Gasteiger partial charge in [0.25, 0.3) is 0 Å². The van der Waals surface area contributed by atoms with Crippen molar-refractivity contribution >= 4 is 43.6 Å². The zero-order chi connectivity index (χ0) is 32.2. The molecule has 2 aromatic heterocycles. The largest absolute Gasteiger partial charge is 0.309 e. The fraction of sp³-hybridized carbons (Fsp3) is 0. The van der Waals surface area contributed by atoms with Crippen LogP contribution in [0.15, 0.2) is 158 Å². The molecule has 48 heavy (non-hydrogen) atoms. The van der Waals surface area contributed by atoms with E-state index in [1.807, 2.05) is 36.4 Å². The summed E-state index contributed by atoms with van der Waals surface area (Å²) in [5.41, 5.74) is 12.0. The second-order valence-electron chi connectivity index (χ2n) is 12.0. The molecule has 0 atom stereocenters. The number of hydrogen-bond donors (Lipinski definition) is 0. The lowest BCUT2D eigenvalue weighted by atomic mass is 9.98. The summed E-state index contributed by atoms with van der Waals surface area (Å²) >= 11 is 0. The number of hydrogen-bond acceptors (Lipinski definition) is 2. The fourth-order valence-corrected chi connectivity index (χ4v) is 7.25. The number of aromatic nitrogens is 2. The van der Waals surface area contributed by atoms with Crippen LogP contribution in [0.25, 0.3) is 77.2 Å². The van der Waals surface area contributed by atoms with Crippen LogP contribution in [0.2, 0.25) is 0 Å². The smallest absolute Gasteiger partial charge is 0.0998 e. The van der Waals surface area contributed by atoms with Gasteiger partial charge in [0.2, 0.25) is 0 Å². The van der Waals surface area contributed by atoms with Crippen molar-refractivity contribution < 1.29 is 0 Å². The molecule has 2 heterocycles. The number of nitrogens with zero attached hydrogens (tertiary/aromatic N) is 4. The van der Waals surface area contributed by atoms with E-state index in [0.29, 0.717) is 11.1 Å². The normalized spacial score (nSPS) is 11.3. The molecule has 0 radical (unpaired) electrons. The second-order valence-corrected chi connectivity index (χ2v) is 12.0. The van der Waals surface area contributed by atoms with Crippen LogP contribution in [-0.4, -0.2) is 9.13 Å². The summed E-state index contributed by atoms with van der Waals surface area (Å²) in [6, 6.07) is 59.0. The molecule has 0 aliphatic rings. The van der Waals surface area contributed by atoms with E-state index in [-0.39, 0.29) is 0 Å². The van der Waals surface area contributed by atoms with E-state index in [1.54, 1.807) is 0 Å². The van der Waals surface area contributed by atoms with Gasteiger partial charge in [-0.2, -0.15) is 10.5 Å². The lowest BCUT2D eigenvalue weighted by Gasteiger charge is -2.15. The van der Waals surface area contributed by atoms with Crippen molar-refractivity contribution in [3.63, 3.8) is 0 Å². The molecule has 4 nitrogen and oxygen atoms in total. The fourth-order valence-electron chi connectivity index (χ4n) is 7.25. The summed E-state index contributed by atoms with van der Waals surface area (Å²) in [5.74, 6) is 0. The Morgan fingerprint density at radius 3 is 1.58 bits per heavy atom. The molecule has 0 aliphatic carbocycles. The standard InChI is InChI=1S/C44H26N4/c45-27-29-16-25-35(43(26-29)48-39-12-4-1-9-36(39)37-10-2-5-13-40(37)48)32-19-17-30(18-20-32)31-21-23-34(24-22-31)47-41-14-6-3-11-38(41)44-33(28-46)8-7-15-42(44)47/h1-26H. The SMILES string of the molecule is N#Cc1ccc(-c2ccc(-c3ccc(-n4c5ccccc5c5c(C#N)cccc54)cc3)cc2)c(-n2c3ccccc3c3ccccc32)c1. The highest BCUT2D eigenvalue weighted by molar-refractivity contribution is 6.12. The molecule has 0 N–H and O–H groups in total. The lowest BCUT2D eigenvalue weighted by Crippen LogP contribution is -1.98. The first-order chi connectivity index (χ1) is 23.7. The number of benzene rings is 7. The van der Waals surface area contributed by atoms with Gasteiger partial charge in [0.15, 0.2) is 0 Å². The topological polar surface area (TPSA) is 57.4 Å². The van der Waals surface area contributed by atoms with E-state index in [1.165, 1.54) is 10.8 Å². The molecule has 0 spiro atoms. The van der Waals surface area contributed by atoms with E-state index < -0.39 is 0 Å². The summed E-state index contributed by atoms with van der Waals surface area (Å²) in [7, 11) is 0. The molecule has 7 aromatic carbocycles. The predicted molar refractivity (Wildman–Crippen MR) is 195 cm³/mol. The molecule has 0 saturated carbocycles. The summed E-state index contributed by atoms with van der Waals surface area (Å²) in [6.07, 6.45) is 0. The van der Waals surface area contributed by atoms with Crippen LogP contribution >= 0.6 is 0 Å². The summed E-state index contributed by atoms with van der Waals surface area (Å²) in [4.78, 5) is 0. The van der Waals surface area contributed by atoms with Crippen LogP contribution in [0, 0.1) is 22.7 Å². The number of nitriles is 2. The van der Waals surface area contributed by atoms with Gasteiger partial charge in [0, 0.05) is 32.8 Å². The molecular weight excluding hydrogens is 585 g/mol. The molecule has 222 valence electrons. The zero-order valence-electron chi connectivity index (χ0n) is 25.8. The first kappa shape index (κ1) is 27.4. The van der Waals surface area contributed by atoms with E-state index in [9.17, 15) is 10.5 Å². The molecule has 0 unspecified atom stereocenters. The minimum atomic E-state index is 0.624. The van der Waals surface area contributed by atoms with Crippen molar-refractivity contribution in [2.24, 2.45) is 0 Å². The van der Waals surface area contributed by atoms with Gasteiger partial charge >= 0.3 is 0 Å². The third-order valence-corrected chi connectivity index (χ3v) is 9.42. The molecule has 0 amide bonds. The Bertz CT molecular complexity index is 2730. The number of fused-ring (bicyclic) bond motifs is 6. The third-order valence-electron chi connectivity index (χ3n) is 9.42. The maximum Gasteiger partial charge on any atom is 0.0998 e. The van der Waals surface area contributed by atoms with Crippen molar-refractivity contribution in [3.8, 4) is 45.8 Å². The van der Waals surface area contributed by atoms with Gasteiger partial charge in [-0.1, -0.05) is 103 Å². The van der Waals surface area contributed by atoms with Crippen LogP contribution in [-0.2, 0) is 0 Å². The molecule has 0 saturated heterocycles. The first-order valence-corrected chi connectivity index (χ1v) is 15.9. The Kier molecular flexibility index (Phi) is 6.22. The average Bonchev–Trinajstić information content (AvgIpc) is 3.68. The monoisotopic (exact) mass is 610 g/mol. The highest BCUT2D eigenvalue weighted by Gasteiger charge is 2.17. The first-order valence-electron chi connectivity index (χ1n) is 15.9. The van der Waals surface area contributed by atoms with Crippen LogP contribution in [0.3, 0.4) is 0 Å². The highest BCUT2D eigenvalue weighted by Crippen LogP contribution is 2.38. The number of para-hydroxylation sites is 3. The van der Waals surface area contributed by atoms with Crippen molar-refractivity contribution in [1.29, 1.82) is 10.5 Å². The van der Waals surface area contributed by atoms with Gasteiger partial charge in [0.1, 0.15) is 0 Å². The third kappa shape index (κ3) is 4.14. The average molecular weight is 611 g/mol. The summed E-state index contributed by atoms with van der Waals surface area (Å²) in [6.45, 7) is 0. The predicted octanol–water partition coefficient (Wildman–Crippen LogP) is 11.0. The molecule has 0 fully saturated rings. The highest BCUT2D eigenvalue weighted by atomic mass is 15.0. The molecule has 0 aliphatic heterocycles. The second kappa shape index (κ2) is 10.9. The van der Waals surface area contributed by atoms with E-state index in [2.05, 4.69) is 143 Å². The Hall–Kier alpha value is -6.88. The van der Waals surface area contributed by atoms with Crippen molar-refractivity contribution in [2.45, 2.75) is 0 Å². The molecular formula is C44H26N4. The zero-order valence-corrected chi connectivity index (χ0v) is 25.8. The van der Waals surface area contributed by atoms with Gasteiger partial charge < -0.3 is 9.13 Å². The maximum absolute atomic E-state index is 9.84. The molecule has 0 bridgehead atoms. The Morgan fingerprint density at radius 1 is 0.417 bits per heavy atom. The minimum Gasteiger partial charge on any atom is -0.309 e. The van der Waals surface area contributed by atoms with E-state index >= 15 is 0 Å². The lowest BCUT2D eigenvalue weighted by molar-refractivity contribution is 1.18. The van der Waals surface area contributed by atoms with Gasteiger partial charge in [-0.25, -0.2) is 0 Å². The Labute approximate surface area is 277 Å². The van der Waals surface area contributed by atoms with Crippen LogP contribution < -0.4 is 0 Å². The van der Waals surface area contributed by atoms with Crippen LogP contribution in [0.4, 0.5) is 0 Å². The molecule has 4 heteroatoms. The maximum atomic E-state index is 9.84. The van der Waals surface area contributed by atoms with E-state index in [4.69, 9.17) is 0 Å². The Balaban J connectivity index is 1.12. The van der Waals surface area contributed by atoms with E-state index in [0.717, 1.165) is 66.5 Å². The molecule has 9 aromatic rings. The minimum absolute atomic E-state index is 0.624. The van der Waals surface area contributed by atoms with Crippen molar-refractivity contribution in [1.82, 2.24) is 9.13 Å². The van der Waals surface area contributed by atoms with Crippen molar-refractivity contribution in [3.05, 3.63) is 169 Å². The number of rotatable bonds is 4. The molecule has 9 rings (SSSR count). The Morgan fingerprint density at radius 2 is 0.958 bits per heavy atom. The van der Waals surface area contributed by atoms with Gasteiger partial charge in [-0.3, -0.25) is 0 Å². The van der Waals surface area contributed by atoms with Crippen molar-refractivity contribution in [2.75, 3.05) is 0 Å². The quantitative estimate of drug-likeness (QED) is 0.199. The van der Waals surface area contributed by atoms with Crippen LogP contribution in [0.1, 0.15) is 11.1 Å². The van der Waals surface area contributed by atoms with Crippen LogP contribution in [0.5, 0.6) is 0 Å². The van der Waals surface area contributed by atoms with Gasteiger partial charge in [0.05, 0.1) is 51.0 Å². The van der Waals surface area contributed by atoms with Gasteiger partial charge in [-0.15, -0.1) is 0 Å². The summed E-state index contributed by atoms with van der Waals surface area (Å²) < 4.78 is 4.52.